The van der Waals surface area contributed by atoms with Crippen molar-refractivity contribution in [2.75, 3.05) is 4.90 Å². The minimum absolute atomic E-state index is 0.0929. The zero-order valence-corrected chi connectivity index (χ0v) is 18.0. The first kappa shape index (κ1) is 19.6. The maximum Gasteiger partial charge on any atom is 0.260 e. The van der Waals surface area contributed by atoms with Gasteiger partial charge in [-0.25, -0.2) is 4.98 Å². The second-order valence-electron chi connectivity index (χ2n) is 7.07. The minimum atomic E-state index is -0.0929. The van der Waals surface area contributed by atoms with Crippen molar-refractivity contribution in [3.8, 4) is 0 Å². The lowest BCUT2D eigenvalue weighted by Crippen LogP contribution is -2.31. The average molecular weight is 422 g/mol. The van der Waals surface area contributed by atoms with Crippen molar-refractivity contribution >= 4 is 44.2 Å². The zero-order valence-electron chi connectivity index (χ0n) is 16.4. The van der Waals surface area contributed by atoms with E-state index in [1.54, 1.807) is 11.1 Å². The van der Waals surface area contributed by atoms with Crippen LogP contribution in [0.1, 0.15) is 32.7 Å². The molecule has 29 heavy (non-hydrogen) atoms. The molecule has 0 aliphatic rings. The van der Waals surface area contributed by atoms with Gasteiger partial charge in [-0.3, -0.25) is 14.7 Å². The molecule has 2 aromatic heterocycles. The third-order valence-corrected chi connectivity index (χ3v) is 6.37. The standard InChI is InChI=1S/C23H20ClN3OS/c1-14-7-8-15(2)18(12-14)22(28)27(13-17-6-4-5-11-25-17)23-26-20-16(3)9-10-19(24)21(20)29-23/h4-12H,13H2,1-3H3. The summed E-state index contributed by atoms with van der Waals surface area (Å²) in [5.41, 5.74) is 5.30. The molecule has 4 nitrogen and oxygen atoms in total. The number of hydrogen-bond donors (Lipinski definition) is 0. The Hall–Kier alpha value is -2.76. The van der Waals surface area contributed by atoms with Gasteiger partial charge in [-0.15, -0.1) is 0 Å². The van der Waals surface area contributed by atoms with E-state index in [2.05, 4.69) is 4.98 Å². The first-order valence-electron chi connectivity index (χ1n) is 9.28. The van der Waals surface area contributed by atoms with Gasteiger partial charge in [0.1, 0.15) is 0 Å². The number of thiazole rings is 1. The Morgan fingerprint density at radius 3 is 2.59 bits per heavy atom. The van der Waals surface area contributed by atoms with Crippen molar-refractivity contribution in [3.63, 3.8) is 0 Å². The lowest BCUT2D eigenvalue weighted by molar-refractivity contribution is 0.0984. The molecule has 0 fully saturated rings. The number of halogens is 1. The number of hydrogen-bond acceptors (Lipinski definition) is 4. The Kier molecular flexibility index (Phi) is 5.35. The maximum absolute atomic E-state index is 13.6. The molecule has 0 unspecified atom stereocenters. The summed E-state index contributed by atoms with van der Waals surface area (Å²) >= 11 is 7.84. The predicted molar refractivity (Wildman–Crippen MR) is 120 cm³/mol. The fourth-order valence-electron chi connectivity index (χ4n) is 3.20. The van der Waals surface area contributed by atoms with Gasteiger partial charge >= 0.3 is 0 Å². The van der Waals surface area contributed by atoms with Crippen LogP contribution < -0.4 is 4.90 Å². The summed E-state index contributed by atoms with van der Waals surface area (Å²) in [6.45, 7) is 6.27. The van der Waals surface area contributed by atoms with Crippen LogP contribution in [0.5, 0.6) is 0 Å². The first-order valence-corrected chi connectivity index (χ1v) is 10.5. The van der Waals surface area contributed by atoms with Crippen LogP contribution in [0.3, 0.4) is 0 Å². The molecule has 0 bridgehead atoms. The fraction of sp³-hybridized carbons (Fsp3) is 0.174. The number of carbonyl (C=O) groups is 1. The van der Waals surface area contributed by atoms with Crippen molar-refractivity contribution < 1.29 is 4.79 Å². The van der Waals surface area contributed by atoms with Crippen LogP contribution in [0, 0.1) is 20.8 Å². The highest BCUT2D eigenvalue weighted by atomic mass is 35.5. The van der Waals surface area contributed by atoms with E-state index < -0.39 is 0 Å². The molecule has 0 saturated heterocycles. The van der Waals surface area contributed by atoms with Gasteiger partial charge in [0.25, 0.3) is 5.91 Å². The molecule has 0 spiro atoms. The summed E-state index contributed by atoms with van der Waals surface area (Å²) in [5, 5.41) is 1.26. The van der Waals surface area contributed by atoms with E-state index >= 15 is 0 Å². The largest absolute Gasteiger partial charge is 0.278 e. The van der Waals surface area contributed by atoms with E-state index in [-0.39, 0.29) is 5.91 Å². The number of pyridine rings is 1. The number of aromatic nitrogens is 2. The number of aryl methyl sites for hydroxylation is 3. The van der Waals surface area contributed by atoms with E-state index in [0.29, 0.717) is 22.3 Å². The van der Waals surface area contributed by atoms with Gasteiger partial charge in [0.2, 0.25) is 0 Å². The number of nitrogens with zero attached hydrogens (tertiary/aromatic N) is 3. The second-order valence-corrected chi connectivity index (χ2v) is 8.45. The molecule has 6 heteroatoms. The molecule has 1 amide bonds. The Morgan fingerprint density at radius 1 is 1.07 bits per heavy atom. The highest BCUT2D eigenvalue weighted by Crippen LogP contribution is 2.36. The van der Waals surface area contributed by atoms with Crippen LogP contribution in [0.25, 0.3) is 10.2 Å². The number of benzene rings is 2. The summed E-state index contributed by atoms with van der Waals surface area (Å²) in [5.74, 6) is -0.0929. The SMILES string of the molecule is Cc1ccc(C)c(C(=O)N(Cc2ccccn2)c2nc3c(C)ccc(Cl)c3s2)c1. The first-order chi connectivity index (χ1) is 13.9. The quantitative estimate of drug-likeness (QED) is 0.399. The fourth-order valence-corrected chi connectivity index (χ4v) is 4.51. The van der Waals surface area contributed by atoms with Crippen molar-refractivity contribution in [3.05, 3.63) is 87.7 Å². The normalized spacial score (nSPS) is 11.0. The summed E-state index contributed by atoms with van der Waals surface area (Å²) in [4.78, 5) is 24.5. The molecule has 0 radical (unpaired) electrons. The number of fused-ring (bicyclic) bond motifs is 1. The molecular formula is C23H20ClN3OS. The predicted octanol–water partition coefficient (Wildman–Crippen LogP) is 6.12. The monoisotopic (exact) mass is 421 g/mol. The zero-order chi connectivity index (χ0) is 20.5. The van der Waals surface area contributed by atoms with Gasteiger partial charge in [-0.1, -0.05) is 52.8 Å². The lowest BCUT2D eigenvalue weighted by atomic mass is 10.0. The van der Waals surface area contributed by atoms with Crippen LogP contribution in [-0.4, -0.2) is 15.9 Å². The van der Waals surface area contributed by atoms with Gasteiger partial charge in [0.05, 0.1) is 27.5 Å². The maximum atomic E-state index is 13.6. The molecule has 0 aliphatic carbocycles. The molecule has 0 saturated carbocycles. The minimum Gasteiger partial charge on any atom is -0.278 e. The summed E-state index contributed by atoms with van der Waals surface area (Å²) in [6, 6.07) is 15.4. The topological polar surface area (TPSA) is 46.1 Å². The van der Waals surface area contributed by atoms with Crippen LogP contribution >= 0.6 is 22.9 Å². The summed E-state index contributed by atoms with van der Waals surface area (Å²) < 4.78 is 0.890. The van der Waals surface area contributed by atoms with E-state index in [9.17, 15) is 4.79 Å². The second kappa shape index (κ2) is 7.93. The molecule has 146 valence electrons. The van der Waals surface area contributed by atoms with Gasteiger partial charge in [0.15, 0.2) is 5.13 Å². The Morgan fingerprint density at radius 2 is 1.86 bits per heavy atom. The number of rotatable bonds is 4. The van der Waals surface area contributed by atoms with Crippen LogP contribution in [0.15, 0.2) is 54.7 Å². The molecule has 0 atom stereocenters. The van der Waals surface area contributed by atoms with E-state index in [1.165, 1.54) is 11.3 Å². The van der Waals surface area contributed by atoms with Crippen LogP contribution in [0.4, 0.5) is 5.13 Å². The summed E-state index contributed by atoms with van der Waals surface area (Å²) in [7, 11) is 0. The number of anilines is 1. The Labute approximate surface area is 178 Å². The lowest BCUT2D eigenvalue weighted by Gasteiger charge is -2.21. The van der Waals surface area contributed by atoms with Crippen molar-refractivity contribution in [1.82, 2.24) is 9.97 Å². The highest BCUT2D eigenvalue weighted by molar-refractivity contribution is 7.23. The molecule has 0 N–H and O–H groups in total. The molecule has 2 heterocycles. The molecular weight excluding hydrogens is 402 g/mol. The highest BCUT2D eigenvalue weighted by Gasteiger charge is 2.24. The van der Waals surface area contributed by atoms with Gasteiger partial charge in [0, 0.05) is 11.8 Å². The van der Waals surface area contributed by atoms with Crippen LogP contribution in [0.2, 0.25) is 5.02 Å². The Bertz CT molecular complexity index is 1160. The van der Waals surface area contributed by atoms with Gasteiger partial charge < -0.3 is 0 Å². The van der Waals surface area contributed by atoms with Gasteiger partial charge in [-0.2, -0.15) is 0 Å². The molecule has 0 aliphatic heterocycles. The van der Waals surface area contributed by atoms with Crippen molar-refractivity contribution in [2.45, 2.75) is 27.3 Å². The summed E-state index contributed by atoms with van der Waals surface area (Å²) in [6.07, 6.45) is 1.73. The van der Waals surface area contributed by atoms with Crippen LogP contribution in [-0.2, 0) is 6.54 Å². The third-order valence-electron chi connectivity index (χ3n) is 4.83. The number of amides is 1. The van der Waals surface area contributed by atoms with E-state index in [1.807, 2.05) is 69.3 Å². The van der Waals surface area contributed by atoms with Gasteiger partial charge in [-0.05, 0) is 56.2 Å². The van der Waals surface area contributed by atoms with Crippen molar-refractivity contribution in [1.29, 1.82) is 0 Å². The van der Waals surface area contributed by atoms with Crippen molar-refractivity contribution in [2.24, 2.45) is 0 Å². The molecule has 2 aromatic carbocycles. The van der Waals surface area contributed by atoms with E-state index in [0.717, 1.165) is 32.6 Å². The van der Waals surface area contributed by atoms with E-state index in [4.69, 9.17) is 16.6 Å². The number of carbonyl (C=O) groups excluding carboxylic acids is 1. The molecule has 4 rings (SSSR count). The smallest absolute Gasteiger partial charge is 0.260 e. The Balaban J connectivity index is 1.84. The average Bonchev–Trinajstić information content (AvgIpc) is 3.18. The third kappa shape index (κ3) is 3.88. The molecule has 4 aromatic rings.